The molecule has 16 heteroatoms. The summed E-state index contributed by atoms with van der Waals surface area (Å²) in [5, 5.41) is 22.6. The van der Waals surface area contributed by atoms with Crippen molar-refractivity contribution in [2.45, 2.75) is 200 Å². The third-order valence-electron chi connectivity index (χ3n) is 16.2. The second-order valence-electron chi connectivity index (χ2n) is 21.8. The normalized spacial score (nSPS) is 35.1. The van der Waals surface area contributed by atoms with E-state index in [1.807, 2.05) is 71.9 Å². The van der Waals surface area contributed by atoms with Gasteiger partial charge in [0.15, 0.2) is 18.0 Å². The van der Waals surface area contributed by atoms with Gasteiger partial charge < -0.3 is 48.4 Å². The summed E-state index contributed by atoms with van der Waals surface area (Å²) in [6.45, 7) is 18.8. The molecule has 0 aromatic heterocycles. The number of ketones is 3. The number of Topliss-reactive ketones (excluding diaryl/α,β-unsaturated/α-hetero) is 3. The second kappa shape index (κ2) is 30.1. The summed E-state index contributed by atoms with van der Waals surface area (Å²) in [6.07, 6.45) is 11.2. The number of amides is 1. The summed E-state index contributed by atoms with van der Waals surface area (Å²) < 4.78 is 36.1. The van der Waals surface area contributed by atoms with Gasteiger partial charge in [0.2, 0.25) is 5.79 Å². The Hall–Kier alpha value is -3.90. The molecule has 3 aliphatic heterocycles. The number of rotatable bonds is 12. The molecule has 3 fully saturated rings. The van der Waals surface area contributed by atoms with E-state index in [9.17, 15) is 39.0 Å². The van der Waals surface area contributed by atoms with Crippen molar-refractivity contribution in [3.8, 4) is 0 Å². The first-order chi connectivity index (χ1) is 35.1. The number of aliphatic hydroxyl groups excluding tert-OH is 1. The van der Waals surface area contributed by atoms with Gasteiger partial charge in [-0.2, -0.15) is 0 Å². The number of carbonyl (C=O) groups is 6. The summed E-state index contributed by atoms with van der Waals surface area (Å²) in [5.41, 5.74) is 1.32. The fourth-order valence-corrected chi connectivity index (χ4v) is 11.2. The van der Waals surface area contributed by atoms with Gasteiger partial charge >= 0.3 is 11.9 Å². The molecule has 2 N–H and O–H groups in total. The van der Waals surface area contributed by atoms with E-state index in [1.54, 1.807) is 41.1 Å². The molecule has 15 atom stereocenters. The first-order valence-electron chi connectivity index (χ1n) is 27.5. The summed E-state index contributed by atoms with van der Waals surface area (Å²) >= 11 is 0. The van der Waals surface area contributed by atoms with Gasteiger partial charge in [0.1, 0.15) is 17.9 Å². The van der Waals surface area contributed by atoms with Crippen molar-refractivity contribution in [1.29, 1.82) is 0 Å². The van der Waals surface area contributed by atoms with E-state index >= 15 is 0 Å². The zero-order valence-electron chi connectivity index (χ0n) is 46.8. The molecule has 74 heavy (non-hydrogen) atoms. The number of fused-ring (bicyclic) bond motifs is 3. The molecular weight excluding hydrogens is 949 g/mol. The number of ether oxygens (including phenoxy) is 6. The van der Waals surface area contributed by atoms with Crippen molar-refractivity contribution < 1.29 is 67.4 Å². The van der Waals surface area contributed by atoms with E-state index in [4.69, 9.17) is 28.4 Å². The van der Waals surface area contributed by atoms with Crippen LogP contribution < -0.4 is 0 Å². The third-order valence-corrected chi connectivity index (χ3v) is 16.2. The van der Waals surface area contributed by atoms with Crippen LogP contribution in [0.15, 0.2) is 47.6 Å². The van der Waals surface area contributed by atoms with E-state index in [2.05, 4.69) is 4.90 Å². The van der Waals surface area contributed by atoms with Crippen molar-refractivity contribution in [2.24, 2.45) is 35.5 Å². The molecule has 2 saturated heterocycles. The minimum Gasteiger partial charge on any atom is -0.460 e. The first-order valence-corrected chi connectivity index (χ1v) is 27.5. The Bertz CT molecular complexity index is 2000. The Morgan fingerprint density at radius 3 is 2.24 bits per heavy atom. The highest BCUT2D eigenvalue weighted by Gasteiger charge is 2.53. The van der Waals surface area contributed by atoms with Crippen molar-refractivity contribution in [3.05, 3.63) is 47.6 Å². The van der Waals surface area contributed by atoms with Gasteiger partial charge in [-0.25, -0.2) is 4.79 Å². The van der Waals surface area contributed by atoms with Crippen LogP contribution in [-0.4, -0.2) is 157 Å². The summed E-state index contributed by atoms with van der Waals surface area (Å²) in [6, 6.07) is -1.17. The average molecular weight is 1040 g/mol. The number of esters is 2. The van der Waals surface area contributed by atoms with Crippen molar-refractivity contribution in [1.82, 2.24) is 9.80 Å². The predicted molar refractivity (Wildman–Crippen MR) is 281 cm³/mol. The standard InChI is InChI=1S/C58H92N2O14/c1-13-59(14-2)29-27-51(63)73-53-41(8)31-38(5)47(62)35-49(39(6)32-43-24-26-46(61)50(33-43)70-11)72-57(67)45-22-18-19-28-60(45)56(66)55(65)58(68)42(9)23-25-44(74-58)34-48(69-10)37(4)21-17-15-16-20-36(3)30-40(7)52(64)54(53)71-12/h15-17,20-21,31,36,38-40,42-46,48-50,53-54,61,68H,13-14,18-19,22-30,32-35H2,1-12H3/b17-15?,20-16+,37-21?,41-31?/t36?,38?,39?,40?,42?,43?,44?,45?,46?,48?,49?,50?,53?,54?,58-/m0/s1. The predicted octanol–water partition coefficient (Wildman–Crippen LogP) is 7.46. The average Bonchev–Trinajstić information content (AvgIpc) is 3.38. The van der Waals surface area contributed by atoms with E-state index in [0.29, 0.717) is 76.3 Å². The van der Waals surface area contributed by atoms with Crippen LogP contribution >= 0.6 is 0 Å². The van der Waals surface area contributed by atoms with Gasteiger partial charge in [-0.1, -0.05) is 84.9 Å². The smallest absolute Gasteiger partial charge is 0.329 e. The number of aliphatic hydroxyl groups is 2. The van der Waals surface area contributed by atoms with E-state index in [1.165, 1.54) is 12.0 Å². The second-order valence-corrected chi connectivity index (χ2v) is 21.8. The molecule has 16 nitrogen and oxygen atoms in total. The number of nitrogens with zero attached hydrogens (tertiary/aromatic N) is 2. The van der Waals surface area contributed by atoms with Crippen molar-refractivity contribution >= 4 is 35.2 Å². The van der Waals surface area contributed by atoms with Gasteiger partial charge in [-0.3, -0.25) is 24.0 Å². The molecule has 4 aliphatic rings. The van der Waals surface area contributed by atoms with Gasteiger partial charge in [0.25, 0.3) is 11.7 Å². The number of hydrogen-bond acceptors (Lipinski definition) is 15. The topological polar surface area (TPSA) is 205 Å². The minimum absolute atomic E-state index is 0.0243. The third kappa shape index (κ3) is 17.3. The fraction of sp³-hybridized carbons (Fsp3) is 0.759. The number of piperidine rings is 1. The number of cyclic esters (lactones) is 1. The number of carbonyl (C=O) groups excluding carboxylic acids is 6. The highest BCUT2D eigenvalue weighted by molar-refractivity contribution is 6.39. The van der Waals surface area contributed by atoms with Crippen LogP contribution in [0.25, 0.3) is 0 Å². The Balaban J connectivity index is 1.77. The molecule has 2 bridgehead atoms. The van der Waals surface area contributed by atoms with Gasteiger partial charge in [0.05, 0.1) is 30.8 Å². The summed E-state index contributed by atoms with van der Waals surface area (Å²) in [4.78, 5) is 89.1. The molecule has 0 spiro atoms. The maximum Gasteiger partial charge on any atom is 0.329 e. The lowest BCUT2D eigenvalue weighted by Crippen LogP contribution is -2.61. The molecule has 418 valence electrons. The number of hydrogen-bond donors (Lipinski definition) is 2. The van der Waals surface area contributed by atoms with Crippen LogP contribution in [0.2, 0.25) is 0 Å². The maximum atomic E-state index is 14.6. The fourth-order valence-electron chi connectivity index (χ4n) is 11.2. The van der Waals surface area contributed by atoms with Gasteiger partial charge in [0, 0.05) is 65.0 Å². The minimum atomic E-state index is -2.45. The quantitative estimate of drug-likeness (QED) is 0.111. The lowest BCUT2D eigenvalue weighted by Gasteiger charge is -2.42. The van der Waals surface area contributed by atoms with Gasteiger partial charge in [-0.05, 0) is 120 Å². The molecule has 1 aliphatic carbocycles. The lowest BCUT2D eigenvalue weighted by atomic mass is 9.78. The van der Waals surface area contributed by atoms with E-state index < -0.39 is 89.8 Å². The van der Waals surface area contributed by atoms with Crippen LogP contribution in [0.3, 0.4) is 0 Å². The van der Waals surface area contributed by atoms with Crippen LogP contribution in [0.5, 0.6) is 0 Å². The van der Waals surface area contributed by atoms with Crippen molar-refractivity contribution in [2.75, 3.05) is 47.5 Å². The molecule has 0 radical (unpaired) electrons. The number of allylic oxidation sites excluding steroid dienone is 6. The Morgan fingerprint density at radius 1 is 0.865 bits per heavy atom. The SMILES string of the molecule is CCN(CC)CCC(=O)OC1C(C)=CC(C)C(=O)CC(C(C)CC2CCC(O)C(OC)C2)OC(=O)C2CCCCN2C(=O)C(=O)[C@@]2(O)OC(CCC2C)CC(OC)C(C)=CC=C/C=C/C(C)CC(C)C(=O)C1OC. The molecule has 4 rings (SSSR count). The van der Waals surface area contributed by atoms with Gasteiger partial charge in [-0.15, -0.1) is 0 Å². The lowest BCUT2D eigenvalue weighted by molar-refractivity contribution is -0.265. The molecule has 1 amide bonds. The first kappa shape index (κ1) is 62.6. The van der Waals surface area contributed by atoms with Crippen LogP contribution in [-0.2, 0) is 57.2 Å². The van der Waals surface area contributed by atoms with Crippen LogP contribution in [0.4, 0.5) is 0 Å². The molecule has 14 unspecified atom stereocenters. The summed E-state index contributed by atoms with van der Waals surface area (Å²) in [7, 11) is 4.56. The Labute approximate surface area is 442 Å². The van der Waals surface area contributed by atoms with Crippen LogP contribution in [0, 0.1) is 35.5 Å². The molecular formula is C58H92N2O14. The summed E-state index contributed by atoms with van der Waals surface area (Å²) in [5.74, 6) is -8.75. The monoisotopic (exact) mass is 1040 g/mol. The zero-order valence-corrected chi connectivity index (χ0v) is 46.8. The molecule has 0 aromatic rings. The van der Waals surface area contributed by atoms with E-state index in [-0.39, 0.29) is 61.2 Å². The molecule has 3 heterocycles. The number of methoxy groups -OCH3 is 3. The maximum absolute atomic E-state index is 14.6. The van der Waals surface area contributed by atoms with E-state index in [0.717, 1.165) is 18.7 Å². The van der Waals surface area contributed by atoms with Crippen molar-refractivity contribution in [3.63, 3.8) is 0 Å². The Morgan fingerprint density at radius 2 is 1.58 bits per heavy atom. The highest BCUT2D eigenvalue weighted by Crippen LogP contribution is 2.38. The van der Waals surface area contributed by atoms with Crippen LogP contribution in [0.1, 0.15) is 146 Å². The highest BCUT2D eigenvalue weighted by atomic mass is 16.6. The zero-order chi connectivity index (χ0) is 54.9. The molecule has 0 aromatic carbocycles. The largest absolute Gasteiger partial charge is 0.460 e. The Kier molecular flexibility index (Phi) is 25.5. The molecule has 1 saturated carbocycles.